The van der Waals surface area contributed by atoms with Gasteiger partial charge in [0.1, 0.15) is 11.4 Å². The zero-order valence-corrected chi connectivity index (χ0v) is 14.5. The number of carbonyl (C=O) groups excluding carboxylic acids is 2. The van der Waals surface area contributed by atoms with E-state index in [9.17, 15) is 27.9 Å². The third-order valence-corrected chi connectivity index (χ3v) is 7.65. The minimum absolute atomic E-state index is 0.284. The number of β-lactam (4-membered cyclic amide) rings is 1. The first-order valence-corrected chi connectivity index (χ1v) is 8.74. The topological polar surface area (TPSA) is 144 Å². The predicted molar refractivity (Wildman–Crippen MR) is 82.3 cm³/mol. The molecule has 0 radical (unpaired) electrons. The molecule has 4 atom stereocenters. The van der Waals surface area contributed by atoms with Crippen molar-refractivity contribution in [2.45, 2.75) is 43.0 Å². The molecule has 0 aromatic rings. The Hall–Kier alpha value is -1.94. The lowest BCUT2D eigenvalue weighted by Crippen LogP contribution is -2.68. The summed E-state index contributed by atoms with van der Waals surface area (Å²) < 4.78 is 28.3. The lowest BCUT2D eigenvalue weighted by molar-refractivity contribution is -0.164. The van der Waals surface area contributed by atoms with Crippen LogP contribution in [0, 0.1) is 5.92 Å². The average molecular weight is 360 g/mol. The SMILES string of the molecule is COC(=O)/C=C(\C)C(N)[C@H]1C(=O)N2[C@@H](C(=O)O)C(C)(C)S(=O)(=O)[C@H]12. The van der Waals surface area contributed by atoms with E-state index in [1.54, 1.807) is 0 Å². The number of nitrogens with two attached hydrogens (primary N) is 1. The second-order valence-electron chi connectivity index (χ2n) is 6.49. The Labute approximate surface area is 139 Å². The zero-order chi connectivity index (χ0) is 18.6. The van der Waals surface area contributed by atoms with Gasteiger partial charge in [0.05, 0.1) is 17.8 Å². The van der Waals surface area contributed by atoms with Crippen molar-refractivity contribution in [2.75, 3.05) is 7.11 Å². The van der Waals surface area contributed by atoms with Gasteiger partial charge in [0.15, 0.2) is 9.84 Å². The van der Waals surface area contributed by atoms with Crippen LogP contribution in [0.1, 0.15) is 20.8 Å². The number of esters is 1. The molecule has 2 aliphatic heterocycles. The quantitative estimate of drug-likeness (QED) is 0.364. The number of rotatable bonds is 4. The van der Waals surface area contributed by atoms with Gasteiger partial charge in [0, 0.05) is 12.1 Å². The van der Waals surface area contributed by atoms with Gasteiger partial charge in [-0.25, -0.2) is 18.0 Å². The lowest BCUT2D eigenvalue weighted by atomic mass is 9.84. The predicted octanol–water partition coefficient (Wildman–Crippen LogP) is -1.12. The van der Waals surface area contributed by atoms with E-state index < -0.39 is 55.8 Å². The minimum Gasteiger partial charge on any atom is -0.480 e. The van der Waals surface area contributed by atoms with Crippen molar-refractivity contribution in [3.63, 3.8) is 0 Å². The summed E-state index contributed by atoms with van der Waals surface area (Å²) in [4.78, 5) is 36.0. The molecule has 0 bridgehead atoms. The fraction of sp³-hybridized carbons (Fsp3) is 0.643. The molecule has 0 aromatic heterocycles. The Bertz CT molecular complexity index is 740. The van der Waals surface area contributed by atoms with Crippen LogP contribution in [0.2, 0.25) is 0 Å². The van der Waals surface area contributed by atoms with Gasteiger partial charge < -0.3 is 20.5 Å². The molecule has 2 rings (SSSR count). The van der Waals surface area contributed by atoms with Crippen LogP contribution >= 0.6 is 0 Å². The molecule has 10 heteroatoms. The molecule has 24 heavy (non-hydrogen) atoms. The number of carboxylic acids is 1. The van der Waals surface area contributed by atoms with Gasteiger partial charge in [0.2, 0.25) is 5.91 Å². The van der Waals surface area contributed by atoms with Crippen molar-refractivity contribution < 1.29 is 32.6 Å². The molecule has 0 spiro atoms. The first-order valence-electron chi connectivity index (χ1n) is 7.19. The largest absolute Gasteiger partial charge is 0.480 e. The average Bonchev–Trinajstić information content (AvgIpc) is 2.61. The number of aliphatic carboxylic acids is 1. The fourth-order valence-electron chi connectivity index (χ4n) is 3.30. The molecule has 0 saturated carbocycles. The number of sulfone groups is 1. The molecule has 1 amide bonds. The molecule has 2 fully saturated rings. The number of amides is 1. The number of methoxy groups -OCH3 is 1. The molecular formula is C14H20N2O7S. The Morgan fingerprint density at radius 3 is 2.42 bits per heavy atom. The summed E-state index contributed by atoms with van der Waals surface area (Å²) in [5.41, 5.74) is 6.25. The number of fused-ring (bicyclic) bond motifs is 1. The van der Waals surface area contributed by atoms with Crippen LogP contribution in [0.25, 0.3) is 0 Å². The van der Waals surface area contributed by atoms with E-state index in [-0.39, 0.29) is 5.57 Å². The molecule has 2 saturated heterocycles. The smallest absolute Gasteiger partial charge is 0.330 e. The summed E-state index contributed by atoms with van der Waals surface area (Å²) in [5.74, 6) is -3.83. The summed E-state index contributed by atoms with van der Waals surface area (Å²) in [6.45, 7) is 4.05. The first-order chi connectivity index (χ1) is 10.9. The van der Waals surface area contributed by atoms with Crippen molar-refractivity contribution in [1.29, 1.82) is 0 Å². The van der Waals surface area contributed by atoms with Gasteiger partial charge in [-0.15, -0.1) is 0 Å². The molecule has 2 aliphatic rings. The second kappa shape index (κ2) is 5.55. The van der Waals surface area contributed by atoms with E-state index in [1.165, 1.54) is 27.9 Å². The second-order valence-corrected chi connectivity index (χ2v) is 9.11. The Kier molecular flexibility index (Phi) is 4.26. The number of carboxylic acid groups (broad SMARTS) is 1. The van der Waals surface area contributed by atoms with Crippen LogP contribution < -0.4 is 5.73 Å². The maximum Gasteiger partial charge on any atom is 0.330 e. The number of hydrogen-bond donors (Lipinski definition) is 2. The van der Waals surface area contributed by atoms with E-state index in [4.69, 9.17) is 5.73 Å². The van der Waals surface area contributed by atoms with Crippen molar-refractivity contribution in [2.24, 2.45) is 11.7 Å². The Balaban J connectivity index is 2.43. The highest BCUT2D eigenvalue weighted by molar-refractivity contribution is 7.93. The van der Waals surface area contributed by atoms with Crippen LogP contribution in [-0.4, -0.2) is 65.6 Å². The third-order valence-electron chi connectivity index (χ3n) is 4.80. The van der Waals surface area contributed by atoms with E-state index in [0.29, 0.717) is 0 Å². The molecule has 134 valence electrons. The van der Waals surface area contributed by atoms with Gasteiger partial charge in [-0.05, 0) is 26.3 Å². The van der Waals surface area contributed by atoms with E-state index in [1.807, 2.05) is 0 Å². The van der Waals surface area contributed by atoms with Gasteiger partial charge in [-0.1, -0.05) is 0 Å². The summed E-state index contributed by atoms with van der Waals surface area (Å²) in [6.07, 6.45) is 1.09. The molecule has 0 aliphatic carbocycles. The number of carbonyl (C=O) groups is 3. The standard InChI is InChI=1S/C14H20N2O7S/c1-6(5-7(17)23-4)9(15)8-11(18)16-10(13(19)20)14(2,3)24(21,22)12(8)16/h5,8-10,12H,15H2,1-4H3,(H,19,20)/b6-5+/t8-,9?,10-,12+/m0/s1. The van der Waals surface area contributed by atoms with Gasteiger partial charge in [-0.2, -0.15) is 0 Å². The summed E-state index contributed by atoms with van der Waals surface area (Å²) in [7, 11) is -2.78. The molecular weight excluding hydrogens is 340 g/mol. The van der Waals surface area contributed by atoms with Crippen LogP contribution in [0.4, 0.5) is 0 Å². The van der Waals surface area contributed by atoms with Crippen molar-refractivity contribution in [3.05, 3.63) is 11.6 Å². The molecule has 2 heterocycles. The third kappa shape index (κ3) is 2.24. The van der Waals surface area contributed by atoms with Crippen LogP contribution in [0.3, 0.4) is 0 Å². The Morgan fingerprint density at radius 2 is 1.96 bits per heavy atom. The van der Waals surface area contributed by atoms with Gasteiger partial charge in [-0.3, -0.25) is 4.79 Å². The zero-order valence-electron chi connectivity index (χ0n) is 13.7. The van der Waals surface area contributed by atoms with Gasteiger partial charge in [0.25, 0.3) is 0 Å². The number of hydrogen-bond acceptors (Lipinski definition) is 7. The van der Waals surface area contributed by atoms with E-state index in [0.717, 1.165) is 11.0 Å². The summed E-state index contributed by atoms with van der Waals surface area (Å²) in [6, 6.07) is -2.50. The van der Waals surface area contributed by atoms with Crippen molar-refractivity contribution in [3.8, 4) is 0 Å². The normalized spacial score (nSPS) is 31.9. The van der Waals surface area contributed by atoms with Crippen molar-refractivity contribution in [1.82, 2.24) is 4.90 Å². The van der Waals surface area contributed by atoms with Crippen LogP contribution in [0.5, 0.6) is 0 Å². The molecule has 1 unspecified atom stereocenters. The fourth-order valence-corrected chi connectivity index (χ4v) is 5.64. The Morgan fingerprint density at radius 1 is 1.42 bits per heavy atom. The van der Waals surface area contributed by atoms with Gasteiger partial charge >= 0.3 is 11.9 Å². The summed E-state index contributed by atoms with van der Waals surface area (Å²) >= 11 is 0. The van der Waals surface area contributed by atoms with Crippen LogP contribution in [-0.2, 0) is 29.0 Å². The van der Waals surface area contributed by atoms with E-state index >= 15 is 0 Å². The highest BCUT2D eigenvalue weighted by Crippen LogP contribution is 2.49. The monoisotopic (exact) mass is 360 g/mol. The first kappa shape index (κ1) is 18.4. The molecule has 9 nitrogen and oxygen atoms in total. The maximum atomic E-state index is 12.7. The van der Waals surface area contributed by atoms with E-state index in [2.05, 4.69) is 4.74 Å². The number of ether oxygens (including phenoxy) is 1. The molecule has 0 aromatic carbocycles. The maximum absolute atomic E-state index is 12.7. The van der Waals surface area contributed by atoms with Crippen molar-refractivity contribution >= 4 is 27.7 Å². The van der Waals surface area contributed by atoms with Crippen LogP contribution in [0.15, 0.2) is 11.6 Å². The minimum atomic E-state index is -3.95. The highest BCUT2D eigenvalue weighted by Gasteiger charge is 2.72. The number of nitrogens with zero attached hydrogens (tertiary/aromatic N) is 1. The highest BCUT2D eigenvalue weighted by atomic mass is 32.2. The molecule has 3 N–H and O–H groups in total. The lowest BCUT2D eigenvalue weighted by Gasteiger charge is -2.45. The summed E-state index contributed by atoms with van der Waals surface area (Å²) in [5, 5.41) is 8.04.